The topological polar surface area (TPSA) is 26.3 Å². The van der Waals surface area contributed by atoms with Crippen LogP contribution in [-0.4, -0.2) is 17.7 Å². The zero-order valence-corrected chi connectivity index (χ0v) is 18.3. The van der Waals surface area contributed by atoms with Gasteiger partial charge >= 0.3 is 0 Å². The molecular formula is C20H22Br2O2S. The number of halogens is 2. The third-order valence-corrected chi connectivity index (χ3v) is 5.68. The van der Waals surface area contributed by atoms with Crippen molar-refractivity contribution in [1.82, 2.24) is 0 Å². The minimum Gasteiger partial charge on any atom is -0.492 e. The first-order valence-corrected chi connectivity index (χ1v) is 10.7. The Hall–Kier alpha value is -0.780. The molecule has 0 heterocycles. The van der Waals surface area contributed by atoms with Crippen molar-refractivity contribution in [2.75, 3.05) is 11.9 Å². The van der Waals surface area contributed by atoms with Crippen LogP contribution in [0.3, 0.4) is 0 Å². The van der Waals surface area contributed by atoms with Gasteiger partial charge in [0.15, 0.2) is 5.78 Å². The van der Waals surface area contributed by atoms with E-state index in [1.54, 1.807) is 0 Å². The largest absolute Gasteiger partial charge is 0.492 e. The average Bonchev–Trinajstić information content (AvgIpc) is 2.61. The number of hydrogen-bond donors (Lipinski definition) is 1. The second-order valence-corrected chi connectivity index (χ2v) is 8.03. The van der Waals surface area contributed by atoms with E-state index in [9.17, 15) is 4.79 Å². The van der Waals surface area contributed by atoms with Crippen molar-refractivity contribution in [2.24, 2.45) is 0 Å². The van der Waals surface area contributed by atoms with Crippen LogP contribution < -0.4 is 4.74 Å². The Labute approximate surface area is 172 Å². The van der Waals surface area contributed by atoms with E-state index in [0.717, 1.165) is 38.9 Å². The van der Waals surface area contributed by atoms with Gasteiger partial charge in [0.25, 0.3) is 0 Å². The molecule has 0 fully saturated rings. The molecule has 0 saturated carbocycles. The van der Waals surface area contributed by atoms with Crippen molar-refractivity contribution >= 4 is 50.3 Å². The Kier molecular flexibility index (Phi) is 8.53. The Morgan fingerprint density at radius 3 is 2.40 bits per heavy atom. The molecule has 0 N–H and O–H groups in total. The first-order valence-electron chi connectivity index (χ1n) is 8.36. The fourth-order valence-corrected chi connectivity index (χ4v) is 3.45. The number of carbonyl (C=O) groups is 1. The number of benzene rings is 2. The maximum Gasteiger partial charge on any atom is 0.193 e. The van der Waals surface area contributed by atoms with Crippen LogP contribution in [0, 0.1) is 6.92 Å². The molecule has 0 aliphatic rings. The Balaban J connectivity index is 2.04. The van der Waals surface area contributed by atoms with Crippen LogP contribution >= 0.6 is 44.5 Å². The lowest BCUT2D eigenvalue weighted by Crippen LogP contribution is -2.06. The fraction of sp³-hybridized carbons (Fsp3) is 0.350. The normalized spacial score (nSPS) is 10.7. The molecule has 0 spiro atoms. The highest BCUT2D eigenvalue weighted by atomic mass is 79.9. The van der Waals surface area contributed by atoms with Crippen LogP contribution in [-0.2, 0) is 0 Å². The summed E-state index contributed by atoms with van der Waals surface area (Å²) < 4.78 is 6.80. The molecule has 0 aromatic heterocycles. The van der Waals surface area contributed by atoms with Gasteiger partial charge < -0.3 is 4.74 Å². The summed E-state index contributed by atoms with van der Waals surface area (Å²) in [4.78, 5) is 13.4. The van der Waals surface area contributed by atoms with E-state index >= 15 is 0 Å². The molecule has 25 heavy (non-hydrogen) atoms. The summed E-state index contributed by atoms with van der Waals surface area (Å²) in [5.74, 6) is 0.746. The molecule has 2 aromatic carbocycles. The number of ether oxygens (including phenoxy) is 1. The molecule has 134 valence electrons. The number of alkyl halides is 1. The van der Waals surface area contributed by atoms with Crippen LogP contribution in [0.2, 0.25) is 0 Å². The van der Waals surface area contributed by atoms with Crippen molar-refractivity contribution in [3.8, 4) is 5.75 Å². The summed E-state index contributed by atoms with van der Waals surface area (Å²) >= 11 is 11.4. The lowest BCUT2D eigenvalue weighted by molar-refractivity contribution is 0.103. The highest BCUT2D eigenvalue weighted by molar-refractivity contribution is 9.10. The van der Waals surface area contributed by atoms with Gasteiger partial charge in [-0.05, 0) is 61.7 Å². The molecule has 5 heteroatoms. The van der Waals surface area contributed by atoms with Gasteiger partial charge in [0.1, 0.15) is 5.75 Å². The summed E-state index contributed by atoms with van der Waals surface area (Å²) in [6, 6.07) is 11.1. The summed E-state index contributed by atoms with van der Waals surface area (Å²) in [5, 5.41) is 1.06. The quantitative estimate of drug-likeness (QED) is 0.187. The van der Waals surface area contributed by atoms with E-state index in [-0.39, 0.29) is 5.78 Å². The predicted octanol–water partition coefficient (Wildman–Crippen LogP) is 6.61. The number of rotatable bonds is 9. The average molecular weight is 486 g/mol. The lowest BCUT2D eigenvalue weighted by atomic mass is 9.99. The van der Waals surface area contributed by atoms with Gasteiger partial charge in [-0.3, -0.25) is 4.79 Å². The first-order chi connectivity index (χ1) is 12.0. The lowest BCUT2D eigenvalue weighted by Gasteiger charge is -2.13. The Bertz CT molecular complexity index is 714. The smallest absolute Gasteiger partial charge is 0.193 e. The van der Waals surface area contributed by atoms with Crippen LogP contribution in [0.1, 0.15) is 47.2 Å². The zero-order chi connectivity index (χ0) is 18.2. The van der Waals surface area contributed by atoms with Gasteiger partial charge in [0, 0.05) is 25.8 Å². The maximum absolute atomic E-state index is 12.7. The molecule has 0 radical (unpaired) electrons. The second-order valence-electron chi connectivity index (χ2n) is 5.87. The highest BCUT2D eigenvalue weighted by Crippen LogP contribution is 2.30. The Morgan fingerprint density at radius 2 is 1.72 bits per heavy atom. The predicted molar refractivity (Wildman–Crippen MR) is 114 cm³/mol. The number of ketones is 1. The van der Waals surface area contributed by atoms with Gasteiger partial charge in [-0.25, -0.2) is 0 Å². The number of hydrogen-bond acceptors (Lipinski definition) is 3. The van der Waals surface area contributed by atoms with Crippen LogP contribution in [0.15, 0.2) is 45.8 Å². The molecule has 2 aromatic rings. The van der Waals surface area contributed by atoms with Crippen LogP contribution in [0.25, 0.3) is 0 Å². The third kappa shape index (κ3) is 5.87. The van der Waals surface area contributed by atoms with Gasteiger partial charge in [0.05, 0.1) is 6.61 Å². The molecule has 0 atom stereocenters. The minimum atomic E-state index is 0.00150. The minimum absolute atomic E-state index is 0.00150. The maximum atomic E-state index is 12.7. The number of thiol groups is 1. The number of unbranched alkanes of at least 4 members (excludes halogenated alkanes) is 3. The van der Waals surface area contributed by atoms with Crippen molar-refractivity contribution in [1.29, 1.82) is 0 Å². The van der Waals surface area contributed by atoms with E-state index in [1.165, 1.54) is 12.8 Å². The number of carbonyl (C=O) groups excluding carboxylic acids is 1. The fourth-order valence-electron chi connectivity index (χ4n) is 2.53. The third-order valence-electron chi connectivity index (χ3n) is 4.03. The molecule has 0 saturated heterocycles. The van der Waals surface area contributed by atoms with Gasteiger partial charge in [-0.2, -0.15) is 0 Å². The van der Waals surface area contributed by atoms with E-state index in [4.69, 9.17) is 4.74 Å². The SMILES string of the molecule is Cc1c(C(=O)c2ccc(Br)cc2)ccc(OCCCCCCBr)c1S. The molecular weight excluding hydrogens is 464 g/mol. The van der Waals surface area contributed by atoms with Crippen LogP contribution in [0.5, 0.6) is 5.75 Å². The van der Waals surface area contributed by atoms with Gasteiger partial charge in [0.2, 0.25) is 0 Å². The van der Waals surface area contributed by atoms with Crippen LogP contribution in [0.4, 0.5) is 0 Å². The summed E-state index contributed by atoms with van der Waals surface area (Å²) in [6.07, 6.45) is 4.59. The molecule has 0 aliphatic heterocycles. The first kappa shape index (κ1) is 20.5. The molecule has 0 bridgehead atoms. The zero-order valence-electron chi connectivity index (χ0n) is 14.2. The molecule has 2 nitrogen and oxygen atoms in total. The van der Waals surface area contributed by atoms with Crippen molar-refractivity contribution in [3.63, 3.8) is 0 Å². The van der Waals surface area contributed by atoms with Crippen molar-refractivity contribution in [2.45, 2.75) is 37.5 Å². The molecule has 0 aliphatic carbocycles. The standard InChI is InChI=1S/C20H22Br2O2S/c1-14-17(19(23)15-6-8-16(22)9-7-15)10-11-18(20(14)25)24-13-5-3-2-4-12-21/h6-11,25H,2-5,12-13H2,1H3. The van der Waals surface area contributed by atoms with Crippen molar-refractivity contribution < 1.29 is 9.53 Å². The van der Waals surface area contributed by atoms with E-state index < -0.39 is 0 Å². The Morgan fingerprint density at radius 1 is 1.04 bits per heavy atom. The second kappa shape index (κ2) is 10.4. The van der Waals surface area contributed by atoms with Gasteiger partial charge in [-0.1, -0.05) is 44.7 Å². The van der Waals surface area contributed by atoms with Crippen molar-refractivity contribution in [3.05, 3.63) is 57.6 Å². The summed E-state index contributed by atoms with van der Waals surface area (Å²) in [7, 11) is 0. The molecule has 0 amide bonds. The van der Waals surface area contributed by atoms with E-state index in [1.807, 2.05) is 43.3 Å². The molecule has 2 rings (SSSR count). The van der Waals surface area contributed by atoms with Gasteiger partial charge in [-0.15, -0.1) is 12.6 Å². The molecule has 0 unspecified atom stereocenters. The van der Waals surface area contributed by atoms with E-state index in [2.05, 4.69) is 44.5 Å². The summed E-state index contributed by atoms with van der Waals surface area (Å²) in [6.45, 7) is 2.59. The van der Waals surface area contributed by atoms with E-state index in [0.29, 0.717) is 17.7 Å². The monoisotopic (exact) mass is 484 g/mol. The summed E-state index contributed by atoms with van der Waals surface area (Å²) in [5.41, 5.74) is 2.18. The highest BCUT2D eigenvalue weighted by Gasteiger charge is 2.15.